The molecule has 0 atom stereocenters. The molecule has 1 heterocycles. The second-order valence-corrected chi connectivity index (χ2v) is 6.62. The Hall–Kier alpha value is -0.570. The van der Waals surface area contributed by atoms with Crippen LogP contribution in [0.4, 0.5) is 0 Å². The Balaban J connectivity index is 2.36. The molecular formula is C8H16N4O2S2. The zero-order valence-electron chi connectivity index (χ0n) is 9.52. The van der Waals surface area contributed by atoms with Crippen LogP contribution >= 0.6 is 11.5 Å². The van der Waals surface area contributed by atoms with Crippen LogP contribution in [0.5, 0.6) is 0 Å². The average molecular weight is 264 g/mol. The van der Waals surface area contributed by atoms with Crippen LogP contribution in [0.1, 0.15) is 19.5 Å². The monoisotopic (exact) mass is 264 g/mol. The van der Waals surface area contributed by atoms with E-state index in [1.807, 2.05) is 19.2 Å². The molecule has 8 heteroatoms. The van der Waals surface area contributed by atoms with Gasteiger partial charge in [-0.3, -0.25) is 0 Å². The zero-order valence-corrected chi connectivity index (χ0v) is 11.2. The van der Waals surface area contributed by atoms with Crippen LogP contribution in [0, 0.1) is 0 Å². The van der Waals surface area contributed by atoms with Crippen molar-refractivity contribution in [3.8, 4) is 0 Å². The molecule has 0 fully saturated rings. The molecule has 0 radical (unpaired) electrons. The van der Waals surface area contributed by atoms with Crippen LogP contribution in [0.25, 0.3) is 0 Å². The smallest absolute Gasteiger partial charge is 0.209 e. The topological polar surface area (TPSA) is 84.0 Å². The summed E-state index contributed by atoms with van der Waals surface area (Å²) in [7, 11) is -3.18. The van der Waals surface area contributed by atoms with Gasteiger partial charge in [0.25, 0.3) is 0 Å². The van der Waals surface area contributed by atoms with Crippen LogP contribution in [0.15, 0.2) is 5.38 Å². The second kappa shape index (κ2) is 5.17. The highest BCUT2D eigenvalue weighted by Gasteiger charge is 2.21. The maximum atomic E-state index is 11.1. The minimum atomic E-state index is -3.18. The summed E-state index contributed by atoms with van der Waals surface area (Å²) < 4.78 is 28.4. The van der Waals surface area contributed by atoms with Gasteiger partial charge in [0, 0.05) is 24.0 Å². The highest BCUT2D eigenvalue weighted by Crippen LogP contribution is 2.03. The average Bonchev–Trinajstić information content (AvgIpc) is 2.51. The maximum absolute atomic E-state index is 11.1. The van der Waals surface area contributed by atoms with Gasteiger partial charge in [0.1, 0.15) is 0 Å². The summed E-state index contributed by atoms with van der Waals surface area (Å²) in [5.74, 6) is 0. The number of hydrogen-bond donors (Lipinski definition) is 2. The van der Waals surface area contributed by atoms with Gasteiger partial charge in [-0.2, -0.15) is 0 Å². The fraction of sp³-hybridized carbons (Fsp3) is 0.750. The molecule has 16 heavy (non-hydrogen) atoms. The molecular weight excluding hydrogens is 248 g/mol. The predicted molar refractivity (Wildman–Crippen MR) is 63.7 cm³/mol. The third-order valence-electron chi connectivity index (χ3n) is 1.74. The van der Waals surface area contributed by atoms with Gasteiger partial charge in [0.2, 0.25) is 10.0 Å². The summed E-state index contributed by atoms with van der Waals surface area (Å²) in [6, 6.07) is 0. The maximum Gasteiger partial charge on any atom is 0.209 e. The van der Waals surface area contributed by atoms with E-state index in [1.54, 1.807) is 0 Å². The van der Waals surface area contributed by atoms with Crippen LogP contribution in [0.3, 0.4) is 0 Å². The number of nitrogens with zero attached hydrogens (tertiary/aromatic N) is 2. The van der Waals surface area contributed by atoms with Gasteiger partial charge < -0.3 is 5.32 Å². The largest absolute Gasteiger partial charge is 0.309 e. The fourth-order valence-corrected chi connectivity index (χ4v) is 2.83. The lowest BCUT2D eigenvalue weighted by Gasteiger charge is -2.25. The first-order valence-corrected chi connectivity index (χ1v) is 7.47. The number of rotatable bonds is 6. The van der Waals surface area contributed by atoms with Crippen LogP contribution in [-0.4, -0.2) is 36.3 Å². The Labute approximate surface area is 99.7 Å². The van der Waals surface area contributed by atoms with E-state index in [4.69, 9.17) is 0 Å². The van der Waals surface area contributed by atoms with E-state index in [0.29, 0.717) is 13.1 Å². The Morgan fingerprint density at radius 3 is 2.69 bits per heavy atom. The van der Waals surface area contributed by atoms with Crippen LogP contribution in [-0.2, 0) is 16.6 Å². The SMILES string of the molecule is CC(C)(CNCc1csnn1)NS(C)(=O)=O. The molecule has 0 aliphatic heterocycles. The van der Waals surface area contributed by atoms with E-state index >= 15 is 0 Å². The summed E-state index contributed by atoms with van der Waals surface area (Å²) in [4.78, 5) is 0. The minimum Gasteiger partial charge on any atom is -0.309 e. The predicted octanol–water partition coefficient (Wildman–Crippen LogP) is -0.0445. The van der Waals surface area contributed by atoms with E-state index in [2.05, 4.69) is 19.6 Å². The summed E-state index contributed by atoms with van der Waals surface area (Å²) in [5.41, 5.74) is 0.344. The van der Waals surface area contributed by atoms with Gasteiger partial charge in [-0.25, -0.2) is 13.1 Å². The molecule has 0 aliphatic carbocycles. The molecule has 0 aliphatic rings. The van der Waals surface area contributed by atoms with Gasteiger partial charge in [-0.1, -0.05) is 4.49 Å². The molecule has 0 spiro atoms. The Morgan fingerprint density at radius 1 is 1.50 bits per heavy atom. The van der Waals surface area contributed by atoms with Crippen LogP contribution < -0.4 is 10.0 Å². The van der Waals surface area contributed by atoms with Crippen molar-refractivity contribution in [3.05, 3.63) is 11.1 Å². The molecule has 6 nitrogen and oxygen atoms in total. The van der Waals surface area contributed by atoms with Crippen molar-refractivity contribution in [2.45, 2.75) is 25.9 Å². The molecule has 1 rings (SSSR count). The summed E-state index contributed by atoms with van der Waals surface area (Å²) in [6.45, 7) is 4.75. The van der Waals surface area contributed by atoms with Gasteiger partial charge in [-0.15, -0.1) is 5.10 Å². The molecule has 0 bridgehead atoms. The third kappa shape index (κ3) is 5.50. The Kier molecular flexibility index (Phi) is 4.36. The number of aromatic nitrogens is 2. The van der Waals surface area contributed by atoms with Gasteiger partial charge in [0.15, 0.2) is 0 Å². The minimum absolute atomic E-state index is 0.517. The molecule has 92 valence electrons. The standard InChI is InChI=1S/C8H16N4O2S2/c1-8(2,11-16(3,13)14)6-9-4-7-5-15-12-10-7/h5,9,11H,4,6H2,1-3H3. The lowest BCUT2D eigenvalue weighted by atomic mass is 10.1. The van der Waals surface area contributed by atoms with Crippen molar-refractivity contribution in [1.82, 2.24) is 19.6 Å². The molecule has 2 N–H and O–H groups in total. The molecule has 1 aromatic rings. The van der Waals surface area contributed by atoms with Crippen LogP contribution in [0.2, 0.25) is 0 Å². The zero-order chi connectivity index (χ0) is 12.2. The normalized spacial score (nSPS) is 12.9. The van der Waals surface area contributed by atoms with Crippen molar-refractivity contribution >= 4 is 21.6 Å². The van der Waals surface area contributed by atoms with Gasteiger partial charge in [0.05, 0.1) is 11.9 Å². The molecule has 1 aromatic heterocycles. The third-order valence-corrected chi connectivity index (χ3v) is 3.22. The van der Waals surface area contributed by atoms with E-state index in [-0.39, 0.29) is 0 Å². The fourth-order valence-electron chi connectivity index (χ4n) is 1.30. The van der Waals surface area contributed by atoms with Crippen molar-refractivity contribution < 1.29 is 8.42 Å². The first-order valence-electron chi connectivity index (χ1n) is 4.74. The second-order valence-electron chi connectivity index (χ2n) is 4.26. The first kappa shape index (κ1) is 13.5. The number of hydrogen-bond acceptors (Lipinski definition) is 6. The van der Waals surface area contributed by atoms with E-state index < -0.39 is 15.6 Å². The van der Waals surface area contributed by atoms with E-state index in [0.717, 1.165) is 11.9 Å². The van der Waals surface area contributed by atoms with Crippen molar-refractivity contribution in [3.63, 3.8) is 0 Å². The highest BCUT2D eigenvalue weighted by molar-refractivity contribution is 7.88. The molecule has 0 saturated heterocycles. The number of nitrogens with one attached hydrogen (secondary N) is 2. The molecule has 0 amide bonds. The summed E-state index contributed by atoms with van der Waals surface area (Å²) in [6.07, 6.45) is 1.15. The highest BCUT2D eigenvalue weighted by atomic mass is 32.2. The summed E-state index contributed by atoms with van der Waals surface area (Å²) in [5, 5.41) is 8.86. The quantitative estimate of drug-likeness (QED) is 0.753. The Bertz CT molecular complexity index is 413. The molecule has 0 unspecified atom stereocenters. The van der Waals surface area contributed by atoms with E-state index in [1.165, 1.54) is 11.5 Å². The Morgan fingerprint density at radius 2 is 2.19 bits per heavy atom. The van der Waals surface area contributed by atoms with Gasteiger partial charge in [-0.05, 0) is 25.4 Å². The van der Waals surface area contributed by atoms with Crippen molar-refractivity contribution in [1.29, 1.82) is 0 Å². The lowest BCUT2D eigenvalue weighted by Crippen LogP contribution is -2.49. The number of sulfonamides is 1. The van der Waals surface area contributed by atoms with Crippen molar-refractivity contribution in [2.24, 2.45) is 0 Å². The summed E-state index contributed by atoms with van der Waals surface area (Å²) >= 11 is 1.29. The van der Waals surface area contributed by atoms with Gasteiger partial charge >= 0.3 is 0 Å². The van der Waals surface area contributed by atoms with Crippen molar-refractivity contribution in [2.75, 3.05) is 12.8 Å². The van der Waals surface area contributed by atoms with E-state index in [9.17, 15) is 8.42 Å². The lowest BCUT2D eigenvalue weighted by molar-refractivity contribution is 0.420. The molecule has 0 aromatic carbocycles. The molecule has 0 saturated carbocycles. The first-order chi connectivity index (χ1) is 7.29.